The van der Waals surface area contributed by atoms with Gasteiger partial charge in [-0.25, -0.2) is 0 Å². The minimum absolute atomic E-state index is 0. The van der Waals surface area contributed by atoms with E-state index in [9.17, 15) is 0 Å². The maximum absolute atomic E-state index is 4.93. The van der Waals surface area contributed by atoms with Crippen LogP contribution in [0.3, 0.4) is 0 Å². The van der Waals surface area contributed by atoms with E-state index in [0.717, 1.165) is 53.2 Å². The molecule has 0 aliphatic heterocycles. The fourth-order valence-electron chi connectivity index (χ4n) is 12.8. The van der Waals surface area contributed by atoms with Gasteiger partial charge < -0.3 is 24.1 Å². The van der Waals surface area contributed by atoms with Crippen molar-refractivity contribution < 1.29 is 60.3 Å². The Balaban J connectivity index is 0.000000162. The number of hydrogen-bond acceptors (Lipinski definition) is 4. The molecule has 0 N–H and O–H groups in total. The molecule has 8 aromatic carbocycles. The van der Waals surface area contributed by atoms with E-state index >= 15 is 0 Å². The second-order valence-corrected chi connectivity index (χ2v) is 43.3. The number of benzene rings is 8. The Morgan fingerprint density at radius 1 is 0.424 bits per heavy atom. The third-order valence-corrected chi connectivity index (χ3v) is 24.5. The average Bonchev–Trinajstić information content (AvgIpc) is 1.58. The number of hydrogen-bond donors (Lipinski definition) is 0. The third kappa shape index (κ3) is 14.5. The monoisotopic (exact) mass is 1810 g/mol. The molecular weight excluding hydrogens is 1720 g/mol. The minimum atomic E-state index is -1.54. The molecule has 0 amide bonds. The van der Waals surface area contributed by atoms with Crippen LogP contribution in [0.2, 0.25) is 58.9 Å². The molecular formula is C80H80Ir3N5SSi3-3. The van der Waals surface area contributed by atoms with Crippen molar-refractivity contribution in [1.82, 2.24) is 24.1 Å². The summed E-state index contributed by atoms with van der Waals surface area (Å²) in [6.07, 6.45) is 8.51. The Labute approximate surface area is 592 Å². The van der Waals surface area contributed by atoms with Gasteiger partial charge in [-0.05, 0) is 132 Å². The van der Waals surface area contributed by atoms with E-state index in [-0.39, 0.29) is 60.3 Å². The molecule has 12 heteroatoms. The first-order chi connectivity index (χ1) is 42.8. The van der Waals surface area contributed by atoms with Crippen LogP contribution in [0.1, 0.15) is 38.8 Å². The molecule has 92 heavy (non-hydrogen) atoms. The van der Waals surface area contributed by atoms with E-state index in [1.54, 1.807) is 0 Å². The van der Waals surface area contributed by atoms with Crippen LogP contribution in [0, 0.1) is 24.1 Å². The molecule has 6 aromatic heterocycles. The van der Waals surface area contributed by atoms with Crippen LogP contribution in [0.25, 0.3) is 114 Å². The van der Waals surface area contributed by atoms with Crippen molar-refractivity contribution in [2.45, 2.75) is 106 Å². The van der Waals surface area contributed by atoms with Crippen LogP contribution < -0.4 is 15.6 Å². The summed E-state index contributed by atoms with van der Waals surface area (Å²) >= 11 is 1.83. The first kappa shape index (κ1) is 70.0. The van der Waals surface area contributed by atoms with Crippen molar-refractivity contribution in [3.63, 3.8) is 0 Å². The van der Waals surface area contributed by atoms with Gasteiger partial charge in [0.15, 0.2) is 0 Å². The van der Waals surface area contributed by atoms with Gasteiger partial charge in [0.05, 0.1) is 24.2 Å². The zero-order valence-electron chi connectivity index (χ0n) is 55.0. The predicted octanol–water partition coefficient (Wildman–Crippen LogP) is 20.3. The van der Waals surface area contributed by atoms with Crippen molar-refractivity contribution in [3.8, 4) is 50.6 Å². The molecule has 0 aliphatic carbocycles. The normalized spacial score (nSPS) is 11.7. The van der Waals surface area contributed by atoms with Gasteiger partial charge in [0.2, 0.25) is 0 Å². The molecule has 14 aromatic rings. The van der Waals surface area contributed by atoms with E-state index in [4.69, 9.17) is 15.0 Å². The number of aromatic nitrogens is 5. The van der Waals surface area contributed by atoms with E-state index in [2.05, 4.69) is 321 Å². The largest absolute Gasteiger partial charge is 0.381 e. The molecule has 0 saturated heterocycles. The van der Waals surface area contributed by atoms with Crippen LogP contribution in [0.5, 0.6) is 0 Å². The Kier molecular flexibility index (Phi) is 22.1. The van der Waals surface area contributed by atoms with Gasteiger partial charge in [-0.15, -0.1) is 71.3 Å². The van der Waals surface area contributed by atoms with E-state index in [1.807, 2.05) is 11.3 Å². The fourth-order valence-corrected chi connectivity index (χ4v) is 18.6. The molecule has 6 heterocycles. The molecule has 0 spiro atoms. The van der Waals surface area contributed by atoms with Crippen LogP contribution in [0.4, 0.5) is 0 Å². The standard InChI is InChI=1S/C30H31N2Si.C28H27N2Si.C22H22NSSi.3Ir/c1-21(2)17-23-19-27(31-20-30(23)33(3,4)5)22-15-16-29-26(18-22)25-13-9-10-14-28(25)32(29)24-11-7-6-8-12-24;1-5-30-26-14-10-9-13-22(26)24-17-21(15-16-27(24)30)25-18-23(20-11-7-6-8-12-20)28(19-29-25)31(2,3)4;1-5-15-13-19(23-14-22(15)25(2,3)4)16-10-11-21-18(12-16)17-8-6-7-9-20(17)24-21;;;/h6-14,16,18-21H,17H2,1-5H3;6-14,16-19H,5H2,1-4H3;6-9,11-14H,5H2,1-4H3;;;/q3*-1;;;. The smallest absolute Gasteiger partial charge is 0.0803 e. The molecule has 0 bridgehead atoms. The van der Waals surface area contributed by atoms with Gasteiger partial charge in [0, 0.05) is 107 Å². The number of pyridine rings is 3. The Bertz CT molecular complexity index is 4900. The first-order valence-electron chi connectivity index (χ1n) is 31.6. The van der Waals surface area contributed by atoms with Crippen LogP contribution in [0.15, 0.2) is 207 Å². The summed E-state index contributed by atoms with van der Waals surface area (Å²) < 4.78 is 7.32. The van der Waals surface area contributed by atoms with Crippen molar-refractivity contribution in [2.24, 2.45) is 5.92 Å². The molecule has 0 unspecified atom stereocenters. The van der Waals surface area contributed by atoms with E-state index < -0.39 is 24.2 Å². The van der Waals surface area contributed by atoms with Crippen molar-refractivity contribution in [3.05, 3.63) is 236 Å². The molecule has 3 radical (unpaired) electrons. The van der Waals surface area contributed by atoms with Crippen LogP contribution >= 0.6 is 11.3 Å². The third-order valence-electron chi connectivity index (χ3n) is 17.2. The number of fused-ring (bicyclic) bond motifs is 9. The quantitative estimate of drug-likeness (QED) is 0.0905. The Morgan fingerprint density at radius 2 is 0.880 bits per heavy atom. The predicted molar refractivity (Wildman–Crippen MR) is 394 cm³/mol. The van der Waals surface area contributed by atoms with Crippen LogP contribution in [-0.4, -0.2) is 48.3 Å². The fraction of sp³-hybridized carbons (Fsp3) is 0.212. The molecule has 5 nitrogen and oxygen atoms in total. The Morgan fingerprint density at radius 3 is 1.46 bits per heavy atom. The Hall–Kier alpha value is -6.37. The molecule has 0 fully saturated rings. The number of thiophene rings is 1. The van der Waals surface area contributed by atoms with E-state index in [1.165, 1.54) is 107 Å². The molecule has 0 saturated carbocycles. The maximum atomic E-state index is 4.93. The first-order valence-corrected chi connectivity index (χ1v) is 42.9. The zero-order chi connectivity index (χ0) is 62.4. The number of rotatable bonds is 12. The summed E-state index contributed by atoms with van der Waals surface area (Å²) in [4.78, 5) is 14.6. The maximum Gasteiger partial charge on any atom is 0.0803 e. The summed E-state index contributed by atoms with van der Waals surface area (Å²) in [5, 5.41) is 12.0. The van der Waals surface area contributed by atoms with Gasteiger partial charge in [-0.1, -0.05) is 228 Å². The second kappa shape index (κ2) is 29.1. The van der Waals surface area contributed by atoms with Crippen LogP contribution in [-0.2, 0) is 79.7 Å². The topological polar surface area (TPSA) is 48.5 Å². The summed E-state index contributed by atoms with van der Waals surface area (Å²) in [7, 11) is -4.36. The second-order valence-electron chi connectivity index (χ2n) is 27.1. The number of para-hydroxylation sites is 3. The zero-order valence-corrected chi connectivity index (χ0v) is 66.0. The van der Waals surface area contributed by atoms with Crippen molar-refractivity contribution >= 4 is 115 Å². The van der Waals surface area contributed by atoms with Crippen molar-refractivity contribution in [2.75, 3.05) is 0 Å². The summed E-state index contributed by atoms with van der Waals surface area (Å²) in [6.45, 7) is 31.5. The minimum Gasteiger partial charge on any atom is -0.381 e. The summed E-state index contributed by atoms with van der Waals surface area (Å²) in [5.41, 5.74) is 17.7. The van der Waals surface area contributed by atoms with Gasteiger partial charge in [-0.2, -0.15) is 11.3 Å². The molecule has 0 atom stereocenters. The number of nitrogens with zero attached hydrogens (tertiary/aromatic N) is 5. The SMILES string of the molecule is CC(C)Cc1cc(-c2[c-]cc3c(c2)c2ccccc2n3-c2ccccc2)ncc1[Si](C)(C)C.CCc1cc(-c2[c-]cc3sc4ccccc4c3c2)ncc1[Si](C)(C)C.CCn1c2c[c-]c(-c3cc(-c4ccccc4)c([Si](C)(C)C)cn3)cc2c2ccccc21.[Ir].[Ir].[Ir]. The number of aryl methyl sites for hydroxylation is 2. The molecule has 473 valence electrons. The van der Waals surface area contributed by atoms with E-state index in [0.29, 0.717) is 5.92 Å². The average molecular weight is 1800 g/mol. The summed E-state index contributed by atoms with van der Waals surface area (Å²) in [5.74, 6) is 0.616. The van der Waals surface area contributed by atoms with Gasteiger partial charge in [0.1, 0.15) is 0 Å². The van der Waals surface area contributed by atoms with Gasteiger partial charge in [0.25, 0.3) is 0 Å². The van der Waals surface area contributed by atoms with Gasteiger partial charge >= 0.3 is 0 Å². The van der Waals surface area contributed by atoms with Gasteiger partial charge in [-0.3, -0.25) is 0 Å². The van der Waals surface area contributed by atoms with Crippen molar-refractivity contribution in [1.29, 1.82) is 0 Å². The molecule has 14 rings (SSSR count). The molecule has 0 aliphatic rings. The summed E-state index contributed by atoms with van der Waals surface area (Å²) in [6, 6.07) is 77.7.